The second kappa shape index (κ2) is 8.91. The molecular formula is C24H21N5O4. The Labute approximate surface area is 189 Å². The Kier molecular flexibility index (Phi) is 5.86. The first-order chi connectivity index (χ1) is 15.8. The van der Waals surface area contributed by atoms with Crippen molar-refractivity contribution in [2.24, 2.45) is 4.99 Å². The lowest BCUT2D eigenvalue weighted by molar-refractivity contribution is -0.385. The molecule has 9 heteroatoms. The van der Waals surface area contributed by atoms with Gasteiger partial charge in [-0.3, -0.25) is 14.9 Å². The number of amides is 3. The number of benzene rings is 3. The summed E-state index contributed by atoms with van der Waals surface area (Å²) in [5, 5.41) is 16.3. The molecule has 3 aromatic carbocycles. The molecule has 0 aliphatic carbocycles. The molecule has 1 atom stereocenters. The van der Waals surface area contributed by atoms with E-state index in [1.54, 1.807) is 26.1 Å². The molecule has 1 aliphatic rings. The molecule has 0 saturated heterocycles. The number of aryl methyl sites for hydroxylation is 1. The van der Waals surface area contributed by atoms with Crippen LogP contribution in [0.25, 0.3) is 0 Å². The summed E-state index contributed by atoms with van der Waals surface area (Å²) >= 11 is 0. The fourth-order valence-electron chi connectivity index (χ4n) is 3.62. The molecule has 0 spiro atoms. The zero-order valence-electron chi connectivity index (χ0n) is 18.0. The zero-order valence-corrected chi connectivity index (χ0v) is 18.0. The van der Waals surface area contributed by atoms with Gasteiger partial charge in [0, 0.05) is 35.5 Å². The van der Waals surface area contributed by atoms with Gasteiger partial charge in [-0.05, 0) is 19.1 Å². The predicted octanol–water partition coefficient (Wildman–Crippen LogP) is 3.86. The third-order valence-electron chi connectivity index (χ3n) is 5.32. The Morgan fingerprint density at radius 1 is 1.06 bits per heavy atom. The van der Waals surface area contributed by atoms with Gasteiger partial charge >= 0.3 is 6.03 Å². The highest BCUT2D eigenvalue weighted by atomic mass is 16.6. The minimum atomic E-state index is -1.20. The number of aliphatic imine (C=N–C) groups is 1. The van der Waals surface area contributed by atoms with E-state index in [0.29, 0.717) is 17.0 Å². The van der Waals surface area contributed by atoms with Crippen molar-refractivity contribution < 1.29 is 14.5 Å². The van der Waals surface area contributed by atoms with E-state index in [9.17, 15) is 19.7 Å². The number of para-hydroxylation sites is 1. The first-order valence-electron chi connectivity index (χ1n) is 10.2. The minimum Gasteiger partial charge on any atom is -0.311 e. The maximum absolute atomic E-state index is 13.1. The molecule has 3 aromatic rings. The van der Waals surface area contributed by atoms with Crippen LogP contribution in [0.5, 0.6) is 0 Å². The van der Waals surface area contributed by atoms with Crippen molar-refractivity contribution in [1.29, 1.82) is 0 Å². The van der Waals surface area contributed by atoms with E-state index in [1.807, 2.05) is 54.6 Å². The molecule has 166 valence electrons. The van der Waals surface area contributed by atoms with E-state index < -0.39 is 23.0 Å². The number of rotatable bonds is 4. The number of nitrogens with zero attached hydrogens (tertiary/aromatic N) is 3. The van der Waals surface area contributed by atoms with Gasteiger partial charge in [-0.2, -0.15) is 0 Å². The average molecular weight is 443 g/mol. The Morgan fingerprint density at radius 2 is 1.76 bits per heavy atom. The van der Waals surface area contributed by atoms with Crippen LogP contribution in [-0.4, -0.2) is 35.8 Å². The van der Waals surface area contributed by atoms with Crippen molar-refractivity contribution in [3.8, 4) is 0 Å². The largest absolute Gasteiger partial charge is 0.321 e. The number of urea groups is 1. The van der Waals surface area contributed by atoms with Gasteiger partial charge in [0.05, 0.1) is 16.3 Å². The molecule has 0 aromatic heterocycles. The number of anilines is 2. The van der Waals surface area contributed by atoms with Crippen LogP contribution in [0.3, 0.4) is 0 Å². The molecule has 2 N–H and O–H groups in total. The number of likely N-dealkylation sites (N-methyl/N-ethyl adjacent to an activating group) is 1. The highest BCUT2D eigenvalue weighted by Gasteiger charge is 2.31. The second-order valence-electron chi connectivity index (χ2n) is 7.52. The van der Waals surface area contributed by atoms with Crippen LogP contribution in [0, 0.1) is 17.0 Å². The molecule has 0 unspecified atom stereocenters. The SMILES string of the molecule is Cc1ccc(NC(=O)N[C@H]2N=C(c3ccccc3)c3ccccc3N(C)C2=O)cc1[N+](=O)[O-]. The van der Waals surface area contributed by atoms with Gasteiger partial charge in [0.1, 0.15) is 0 Å². The Balaban J connectivity index is 1.66. The van der Waals surface area contributed by atoms with Gasteiger partial charge in [0.2, 0.25) is 6.17 Å². The van der Waals surface area contributed by atoms with E-state index in [1.165, 1.54) is 11.0 Å². The summed E-state index contributed by atoms with van der Waals surface area (Å²) in [4.78, 5) is 42.6. The van der Waals surface area contributed by atoms with Crippen LogP contribution in [0.4, 0.5) is 21.9 Å². The lowest BCUT2D eigenvalue weighted by Crippen LogP contribution is -2.47. The summed E-state index contributed by atoms with van der Waals surface area (Å²) < 4.78 is 0. The third kappa shape index (κ3) is 4.42. The molecule has 1 aliphatic heterocycles. The van der Waals surface area contributed by atoms with Crippen LogP contribution < -0.4 is 15.5 Å². The normalized spacial score (nSPS) is 15.2. The third-order valence-corrected chi connectivity index (χ3v) is 5.32. The summed E-state index contributed by atoms with van der Waals surface area (Å²) in [6.07, 6.45) is -1.20. The van der Waals surface area contributed by atoms with Crippen molar-refractivity contribution in [3.05, 3.63) is 99.6 Å². The minimum absolute atomic E-state index is 0.113. The smallest absolute Gasteiger partial charge is 0.311 e. The number of fused-ring (bicyclic) bond motifs is 1. The fraction of sp³-hybridized carbons (Fsp3) is 0.125. The second-order valence-corrected chi connectivity index (χ2v) is 7.52. The number of nitro groups is 1. The summed E-state index contributed by atoms with van der Waals surface area (Å²) in [6, 6.07) is 20.4. The summed E-state index contributed by atoms with van der Waals surface area (Å²) in [6.45, 7) is 1.61. The number of hydrogen-bond donors (Lipinski definition) is 2. The van der Waals surface area contributed by atoms with Crippen molar-refractivity contribution in [2.75, 3.05) is 17.3 Å². The van der Waals surface area contributed by atoms with Gasteiger partial charge in [0.25, 0.3) is 11.6 Å². The van der Waals surface area contributed by atoms with Gasteiger partial charge in [-0.1, -0.05) is 54.6 Å². The number of carbonyl (C=O) groups is 2. The number of benzodiazepines with no additional fused rings is 1. The average Bonchev–Trinajstić information content (AvgIpc) is 2.91. The van der Waals surface area contributed by atoms with Crippen molar-refractivity contribution >= 4 is 34.7 Å². The van der Waals surface area contributed by atoms with Crippen LogP contribution in [0.2, 0.25) is 0 Å². The van der Waals surface area contributed by atoms with Gasteiger partial charge in [0.15, 0.2) is 0 Å². The predicted molar refractivity (Wildman–Crippen MR) is 126 cm³/mol. The maximum atomic E-state index is 13.1. The first-order valence-corrected chi connectivity index (χ1v) is 10.2. The first kappa shape index (κ1) is 21.7. The number of hydrogen-bond acceptors (Lipinski definition) is 5. The summed E-state index contributed by atoms with van der Waals surface area (Å²) in [5.41, 5.74) is 3.39. The zero-order chi connectivity index (χ0) is 23.5. The number of nitrogens with one attached hydrogen (secondary N) is 2. The summed E-state index contributed by atoms with van der Waals surface area (Å²) in [5.74, 6) is -0.418. The van der Waals surface area contributed by atoms with Crippen LogP contribution in [0.1, 0.15) is 16.7 Å². The topological polar surface area (TPSA) is 117 Å². The number of carbonyl (C=O) groups excluding carboxylic acids is 2. The van der Waals surface area contributed by atoms with Gasteiger partial charge < -0.3 is 15.5 Å². The Hall–Kier alpha value is -4.53. The van der Waals surface area contributed by atoms with E-state index in [0.717, 1.165) is 11.1 Å². The standard InChI is InChI=1S/C24H21N5O4/c1-15-12-13-17(14-20(15)29(32)33)25-24(31)27-22-23(30)28(2)19-11-7-6-10-18(19)21(26-22)16-8-4-3-5-9-16/h3-14,22H,1-2H3,(H2,25,27,31)/t22-/m1/s1. The monoisotopic (exact) mass is 443 g/mol. The van der Waals surface area contributed by atoms with E-state index >= 15 is 0 Å². The van der Waals surface area contributed by atoms with E-state index in [2.05, 4.69) is 15.6 Å². The quantitative estimate of drug-likeness (QED) is 0.470. The van der Waals surface area contributed by atoms with Crippen molar-refractivity contribution in [1.82, 2.24) is 5.32 Å². The highest BCUT2D eigenvalue weighted by Crippen LogP contribution is 2.27. The van der Waals surface area contributed by atoms with Crippen LogP contribution in [0.15, 0.2) is 77.8 Å². The Bertz CT molecular complexity index is 1270. The molecule has 4 rings (SSSR count). The lowest BCUT2D eigenvalue weighted by atomic mass is 10.0. The van der Waals surface area contributed by atoms with Gasteiger partial charge in [-0.25, -0.2) is 9.79 Å². The highest BCUT2D eigenvalue weighted by molar-refractivity contribution is 6.20. The molecule has 9 nitrogen and oxygen atoms in total. The molecule has 0 fully saturated rings. The molecule has 0 saturated carbocycles. The summed E-state index contributed by atoms with van der Waals surface area (Å²) in [7, 11) is 1.63. The fourth-order valence-corrected chi connectivity index (χ4v) is 3.62. The van der Waals surface area contributed by atoms with Crippen LogP contribution >= 0.6 is 0 Å². The molecule has 0 radical (unpaired) electrons. The lowest BCUT2D eigenvalue weighted by Gasteiger charge is -2.21. The maximum Gasteiger partial charge on any atom is 0.321 e. The molecular weight excluding hydrogens is 422 g/mol. The van der Waals surface area contributed by atoms with Crippen molar-refractivity contribution in [2.45, 2.75) is 13.1 Å². The molecule has 1 heterocycles. The van der Waals surface area contributed by atoms with E-state index in [-0.39, 0.29) is 11.4 Å². The van der Waals surface area contributed by atoms with Gasteiger partial charge in [-0.15, -0.1) is 0 Å². The van der Waals surface area contributed by atoms with E-state index in [4.69, 9.17) is 0 Å². The molecule has 0 bridgehead atoms. The molecule has 3 amide bonds. The Morgan fingerprint density at radius 3 is 2.48 bits per heavy atom. The van der Waals surface area contributed by atoms with Crippen LogP contribution in [-0.2, 0) is 4.79 Å². The van der Waals surface area contributed by atoms with Crippen molar-refractivity contribution in [3.63, 3.8) is 0 Å². The molecule has 33 heavy (non-hydrogen) atoms. The number of nitro benzene ring substituents is 1.